The fourth-order valence-electron chi connectivity index (χ4n) is 4.35. The number of halogens is 4. The van der Waals surface area contributed by atoms with Gasteiger partial charge in [0.05, 0.1) is 15.2 Å². The van der Waals surface area contributed by atoms with Crippen LogP contribution in [0.3, 0.4) is 0 Å². The Balaban J connectivity index is 1.61. The predicted octanol–water partition coefficient (Wildman–Crippen LogP) is 4.54. The highest BCUT2D eigenvalue weighted by Gasteiger charge is 2.46. The van der Waals surface area contributed by atoms with Crippen LogP contribution in [-0.4, -0.2) is 25.4 Å². The average molecular weight is 472 g/mol. The van der Waals surface area contributed by atoms with Crippen molar-refractivity contribution in [1.82, 2.24) is 0 Å². The van der Waals surface area contributed by atoms with Gasteiger partial charge < -0.3 is 5.32 Å². The summed E-state index contributed by atoms with van der Waals surface area (Å²) in [5, 5.41) is 1.36. The number of hydrogen-bond acceptors (Lipinski definition) is 4. The molecule has 3 atom stereocenters. The molecule has 2 fully saturated rings. The number of anilines is 1. The molecule has 2 aliphatic carbocycles. The lowest BCUT2D eigenvalue weighted by Gasteiger charge is -2.27. The van der Waals surface area contributed by atoms with Crippen molar-refractivity contribution in [1.29, 1.82) is 0 Å². The second-order valence-corrected chi connectivity index (χ2v) is 10.5. The van der Waals surface area contributed by atoms with Crippen molar-refractivity contribution in [2.24, 2.45) is 11.8 Å². The third-order valence-electron chi connectivity index (χ3n) is 5.94. The molecule has 0 aliphatic heterocycles. The first-order valence-corrected chi connectivity index (χ1v) is 11.5. The summed E-state index contributed by atoms with van der Waals surface area (Å²) >= 11 is 6.12. The van der Waals surface area contributed by atoms with Gasteiger partial charge in [-0.05, 0) is 43.9 Å². The number of nitrogens with one attached hydrogen (secondary N) is 1. The minimum Gasteiger partial charge on any atom is -0.322 e. The van der Waals surface area contributed by atoms with Crippen molar-refractivity contribution in [3.8, 4) is 0 Å². The summed E-state index contributed by atoms with van der Waals surface area (Å²) in [7, 11) is -3.92. The number of amides is 1. The monoisotopic (exact) mass is 471 g/mol. The van der Waals surface area contributed by atoms with Crippen molar-refractivity contribution < 1.29 is 31.2 Å². The maximum atomic E-state index is 13.4. The highest BCUT2D eigenvalue weighted by molar-refractivity contribution is 7.92. The van der Waals surface area contributed by atoms with E-state index in [0.717, 1.165) is 6.07 Å². The topological polar surface area (TPSA) is 80.3 Å². The van der Waals surface area contributed by atoms with E-state index in [1.54, 1.807) is 0 Å². The number of fused-ring (bicyclic) bond motifs is 2. The van der Waals surface area contributed by atoms with E-state index in [2.05, 4.69) is 5.32 Å². The lowest BCUT2D eigenvalue weighted by Crippen LogP contribution is -2.34. The molecule has 0 heterocycles. The van der Waals surface area contributed by atoms with Gasteiger partial charge in [-0.2, -0.15) is 0 Å². The summed E-state index contributed by atoms with van der Waals surface area (Å²) < 4.78 is 66.3. The number of hydrogen-bond donors (Lipinski definition) is 1. The summed E-state index contributed by atoms with van der Waals surface area (Å²) in [6, 6.07) is 4.83. The minimum absolute atomic E-state index is 0.0698. The molecule has 0 aromatic heterocycles. The molecule has 1 unspecified atom stereocenters. The zero-order valence-corrected chi connectivity index (χ0v) is 17.6. The quantitative estimate of drug-likeness (QED) is 0.664. The molecule has 2 bridgehead atoms. The number of ketones is 1. The molecule has 2 aromatic rings. The van der Waals surface area contributed by atoms with Gasteiger partial charge in [-0.1, -0.05) is 11.6 Å². The van der Waals surface area contributed by atoms with Crippen LogP contribution in [0.2, 0.25) is 5.02 Å². The number of benzene rings is 2. The molecule has 2 aliphatic rings. The Hall–Kier alpha value is -2.39. The molecule has 31 heavy (non-hydrogen) atoms. The van der Waals surface area contributed by atoms with Crippen LogP contribution in [-0.2, 0) is 14.6 Å². The van der Waals surface area contributed by atoms with Crippen molar-refractivity contribution >= 4 is 38.8 Å². The first-order chi connectivity index (χ1) is 14.6. The lowest BCUT2D eigenvalue weighted by molar-refractivity contribution is -0.125. The third-order valence-corrected chi connectivity index (χ3v) is 8.60. The maximum absolute atomic E-state index is 13.4. The van der Waals surface area contributed by atoms with E-state index < -0.39 is 38.4 Å². The second kappa shape index (κ2) is 7.94. The van der Waals surface area contributed by atoms with Gasteiger partial charge in [0.2, 0.25) is 0 Å². The fourth-order valence-corrected chi connectivity index (χ4v) is 6.75. The van der Waals surface area contributed by atoms with Crippen LogP contribution in [0.15, 0.2) is 35.2 Å². The van der Waals surface area contributed by atoms with Gasteiger partial charge in [0.1, 0.15) is 5.78 Å². The molecule has 164 valence electrons. The zero-order chi connectivity index (χ0) is 22.5. The van der Waals surface area contributed by atoms with Gasteiger partial charge in [-0.15, -0.1) is 0 Å². The smallest absolute Gasteiger partial charge is 0.255 e. The molecule has 4 rings (SSSR count). The van der Waals surface area contributed by atoms with E-state index in [1.165, 1.54) is 12.1 Å². The van der Waals surface area contributed by atoms with Crippen LogP contribution in [0, 0.1) is 29.3 Å². The number of sulfone groups is 1. The Morgan fingerprint density at radius 3 is 2.16 bits per heavy atom. The van der Waals surface area contributed by atoms with Gasteiger partial charge in [-0.25, -0.2) is 21.6 Å². The summed E-state index contributed by atoms with van der Waals surface area (Å²) in [6.45, 7) is 0. The predicted molar refractivity (Wildman–Crippen MR) is 107 cm³/mol. The average Bonchev–Trinajstić information content (AvgIpc) is 2.91. The Bertz CT molecular complexity index is 1160. The number of carbonyl (C=O) groups is 2. The fraction of sp³-hybridized carbons (Fsp3) is 0.333. The molecule has 0 radical (unpaired) electrons. The van der Waals surface area contributed by atoms with Crippen molar-refractivity contribution in [2.45, 2.75) is 35.8 Å². The van der Waals surface area contributed by atoms with E-state index in [4.69, 9.17) is 11.6 Å². The van der Waals surface area contributed by atoms with Crippen molar-refractivity contribution in [3.05, 3.63) is 58.4 Å². The van der Waals surface area contributed by atoms with Gasteiger partial charge in [0.15, 0.2) is 27.3 Å². The molecule has 1 amide bonds. The third kappa shape index (κ3) is 3.96. The Morgan fingerprint density at radius 1 is 1.00 bits per heavy atom. The zero-order valence-electron chi connectivity index (χ0n) is 16.0. The number of Topliss-reactive ketones (excluding diaryl/α,β-unsaturated/α-hetero) is 1. The molecule has 2 saturated carbocycles. The van der Waals surface area contributed by atoms with Crippen molar-refractivity contribution in [2.75, 3.05) is 5.32 Å². The summed E-state index contributed by atoms with van der Waals surface area (Å²) in [5.41, 5.74) is -0.439. The van der Waals surface area contributed by atoms with Crippen LogP contribution in [0.25, 0.3) is 0 Å². The highest BCUT2D eigenvalue weighted by Crippen LogP contribution is 2.43. The molecule has 1 N–H and O–H groups in total. The second-order valence-electron chi connectivity index (χ2n) is 7.87. The standard InChI is InChI=1S/C21H17ClF3NO4S/c22-15-4-3-12(21(28)26-13-8-16(23)19(25)17(24)9-13)7-18(15)31(29,30)14-5-10-1-2-11(6-14)20(10)27/h3-4,7-11,14H,1-2,5-6H2,(H,26,28)/t10-,11?,14-/m0/s1. The van der Waals surface area contributed by atoms with E-state index in [0.29, 0.717) is 25.0 Å². The van der Waals surface area contributed by atoms with Crippen LogP contribution in [0.4, 0.5) is 18.9 Å². The first kappa shape index (κ1) is 21.8. The van der Waals surface area contributed by atoms with Gasteiger partial charge >= 0.3 is 0 Å². The molecule has 0 saturated heterocycles. The highest BCUT2D eigenvalue weighted by atomic mass is 35.5. The van der Waals surface area contributed by atoms with Gasteiger partial charge in [-0.3, -0.25) is 9.59 Å². The molecule has 2 aromatic carbocycles. The molecule has 0 spiro atoms. The minimum atomic E-state index is -3.92. The molecular weight excluding hydrogens is 455 g/mol. The number of carbonyl (C=O) groups excluding carboxylic acids is 2. The number of rotatable bonds is 4. The van der Waals surface area contributed by atoms with E-state index >= 15 is 0 Å². The molecule has 10 heteroatoms. The molecule has 5 nitrogen and oxygen atoms in total. The van der Waals surface area contributed by atoms with Gasteiger partial charge in [0.25, 0.3) is 5.91 Å². The Kier molecular flexibility index (Phi) is 5.59. The maximum Gasteiger partial charge on any atom is 0.255 e. The van der Waals surface area contributed by atoms with E-state index in [1.807, 2.05) is 0 Å². The normalized spacial score (nSPS) is 23.1. The summed E-state index contributed by atoms with van der Waals surface area (Å²) in [4.78, 5) is 24.4. The van der Waals surface area contributed by atoms with E-state index in [-0.39, 0.29) is 51.6 Å². The summed E-state index contributed by atoms with van der Waals surface area (Å²) in [6.07, 6.45) is 1.80. The van der Waals surface area contributed by atoms with Crippen LogP contribution in [0.1, 0.15) is 36.0 Å². The van der Waals surface area contributed by atoms with E-state index in [9.17, 15) is 31.2 Å². The summed E-state index contributed by atoms with van der Waals surface area (Å²) in [5.74, 6) is -5.90. The van der Waals surface area contributed by atoms with Crippen LogP contribution in [0.5, 0.6) is 0 Å². The lowest BCUT2D eigenvalue weighted by atomic mass is 9.87. The SMILES string of the molecule is O=C(Nc1cc(F)c(F)c(F)c1)c1ccc(Cl)c(S(=O)(=O)[C@@H]2CC3CC[C@@H](C2)C3=O)c1. The van der Waals surface area contributed by atoms with Gasteiger partial charge in [0, 0.05) is 35.2 Å². The van der Waals surface area contributed by atoms with Crippen molar-refractivity contribution in [3.63, 3.8) is 0 Å². The Labute approximate surface area is 181 Å². The van der Waals surface area contributed by atoms with Crippen LogP contribution >= 0.6 is 11.6 Å². The largest absolute Gasteiger partial charge is 0.322 e. The first-order valence-electron chi connectivity index (χ1n) is 9.61. The van der Waals surface area contributed by atoms with Crippen LogP contribution < -0.4 is 5.32 Å². The Morgan fingerprint density at radius 2 is 1.58 bits per heavy atom. The molecular formula is C21H17ClF3NO4S.